The van der Waals surface area contributed by atoms with Gasteiger partial charge in [-0.2, -0.15) is 0 Å². The Morgan fingerprint density at radius 2 is 1.69 bits per heavy atom. The lowest BCUT2D eigenvalue weighted by atomic mass is 9.95. The number of anilines is 1. The number of pyridine rings is 1. The first-order valence-corrected chi connectivity index (χ1v) is 11.3. The number of carboxylic acids is 2. The van der Waals surface area contributed by atoms with Crippen molar-refractivity contribution in [2.45, 2.75) is 26.4 Å². The van der Waals surface area contributed by atoms with Crippen molar-refractivity contribution in [3.63, 3.8) is 0 Å². The second kappa shape index (κ2) is 10.7. The molecule has 0 spiro atoms. The summed E-state index contributed by atoms with van der Waals surface area (Å²) < 4.78 is 11.2. The molecule has 36 heavy (non-hydrogen) atoms. The second-order valence-corrected chi connectivity index (χ2v) is 9.29. The first kappa shape index (κ1) is 26.5. The molecule has 2 aromatic rings. The van der Waals surface area contributed by atoms with Gasteiger partial charge < -0.3 is 35.3 Å². The molecule has 0 unspecified atom stereocenters. The summed E-state index contributed by atoms with van der Waals surface area (Å²) in [5.74, 6) is -3.13. The van der Waals surface area contributed by atoms with E-state index in [9.17, 15) is 29.4 Å². The van der Waals surface area contributed by atoms with Gasteiger partial charge >= 0.3 is 18.0 Å². The highest BCUT2D eigenvalue weighted by molar-refractivity contribution is 6.07. The number of carbonyl (C=O) groups is 3. The zero-order valence-corrected chi connectivity index (χ0v) is 20.4. The number of benzene rings is 1. The van der Waals surface area contributed by atoms with Crippen LogP contribution in [0.5, 0.6) is 5.75 Å². The number of aromatic nitrogens is 1. The van der Waals surface area contributed by atoms with E-state index in [0.29, 0.717) is 45.1 Å². The summed E-state index contributed by atoms with van der Waals surface area (Å²) >= 11 is 0. The van der Waals surface area contributed by atoms with Crippen LogP contribution in [0.3, 0.4) is 0 Å². The Kier molecular flexibility index (Phi) is 7.88. The maximum atomic E-state index is 12.2. The van der Waals surface area contributed by atoms with Crippen molar-refractivity contribution < 1.29 is 34.1 Å². The number of aromatic carboxylic acids is 2. The van der Waals surface area contributed by atoms with Crippen LogP contribution in [0.1, 0.15) is 41.5 Å². The molecule has 0 atom stereocenters. The lowest BCUT2D eigenvalue weighted by Gasteiger charge is -2.35. The zero-order valence-electron chi connectivity index (χ0n) is 20.4. The van der Waals surface area contributed by atoms with Crippen LogP contribution in [-0.4, -0.2) is 88.0 Å². The van der Waals surface area contributed by atoms with Crippen LogP contribution >= 0.6 is 0 Å². The summed E-state index contributed by atoms with van der Waals surface area (Å²) in [6.07, 6.45) is -0.336. The summed E-state index contributed by atoms with van der Waals surface area (Å²) in [5, 5.41) is 19.1. The van der Waals surface area contributed by atoms with Crippen molar-refractivity contribution in [3.05, 3.63) is 45.7 Å². The number of H-pyrrole nitrogens is 1. The van der Waals surface area contributed by atoms with Crippen LogP contribution in [0.4, 0.5) is 10.6 Å². The number of ether oxygens (including phenoxy) is 2. The Morgan fingerprint density at radius 3 is 2.28 bits per heavy atom. The number of aromatic amines is 1. The Labute approximate surface area is 207 Å². The van der Waals surface area contributed by atoms with Crippen LogP contribution in [-0.2, 0) is 4.74 Å². The van der Waals surface area contributed by atoms with Crippen LogP contribution in [0.15, 0.2) is 29.1 Å². The van der Waals surface area contributed by atoms with Gasteiger partial charge in [0, 0.05) is 38.3 Å². The van der Waals surface area contributed by atoms with E-state index in [2.05, 4.69) is 9.88 Å². The maximum absolute atomic E-state index is 12.2. The van der Waals surface area contributed by atoms with Gasteiger partial charge in [-0.25, -0.2) is 14.4 Å². The molecular weight excluding hydrogens is 472 g/mol. The molecule has 1 aromatic heterocycles. The normalized spacial score (nSPS) is 14.4. The minimum atomic E-state index is -1.58. The van der Waals surface area contributed by atoms with Crippen LogP contribution in [0, 0.1) is 0 Å². The lowest BCUT2D eigenvalue weighted by molar-refractivity contribution is 0.0136. The Balaban J connectivity index is 1.68. The zero-order chi connectivity index (χ0) is 26.6. The fourth-order valence-electron chi connectivity index (χ4n) is 3.85. The minimum Gasteiger partial charge on any atom is -0.492 e. The molecule has 5 N–H and O–H groups in total. The third-order valence-electron chi connectivity index (χ3n) is 5.50. The number of nitrogens with zero attached hydrogens (tertiary/aromatic N) is 2. The van der Waals surface area contributed by atoms with Crippen LogP contribution < -0.4 is 16.0 Å². The van der Waals surface area contributed by atoms with Gasteiger partial charge in [0.05, 0.1) is 0 Å². The van der Waals surface area contributed by atoms with Crippen molar-refractivity contribution in [2.24, 2.45) is 0 Å². The molecule has 1 fully saturated rings. The maximum Gasteiger partial charge on any atom is 0.410 e. The number of amides is 1. The van der Waals surface area contributed by atoms with E-state index in [0.717, 1.165) is 0 Å². The van der Waals surface area contributed by atoms with Gasteiger partial charge in [-0.05, 0) is 38.5 Å². The second-order valence-electron chi connectivity index (χ2n) is 9.29. The van der Waals surface area contributed by atoms with Crippen molar-refractivity contribution >= 4 is 23.8 Å². The summed E-state index contributed by atoms with van der Waals surface area (Å²) in [5.41, 5.74) is 2.79. The molecule has 1 aliphatic rings. The van der Waals surface area contributed by atoms with Crippen molar-refractivity contribution in [3.8, 4) is 16.9 Å². The van der Waals surface area contributed by atoms with Crippen molar-refractivity contribution in [1.29, 1.82) is 0 Å². The molecule has 3 rings (SSSR count). The molecule has 12 nitrogen and oxygen atoms in total. The number of rotatable bonds is 7. The van der Waals surface area contributed by atoms with Gasteiger partial charge in [-0.3, -0.25) is 9.69 Å². The number of piperazine rings is 1. The smallest absolute Gasteiger partial charge is 0.410 e. The average Bonchev–Trinajstić information content (AvgIpc) is 2.77. The molecular formula is C24H30N4O8. The van der Waals surface area contributed by atoms with Gasteiger partial charge in [-0.1, -0.05) is 12.1 Å². The van der Waals surface area contributed by atoms with Crippen LogP contribution in [0.2, 0.25) is 0 Å². The Bertz CT molecular complexity index is 1210. The first-order chi connectivity index (χ1) is 16.9. The predicted octanol–water partition coefficient (Wildman–Crippen LogP) is 1.95. The third kappa shape index (κ3) is 6.33. The fraction of sp³-hybridized carbons (Fsp3) is 0.417. The molecule has 2 heterocycles. The largest absolute Gasteiger partial charge is 0.492 e. The standard InChI is InChI=1S/C24H30N4O8/c1-24(2,3)36-23(34)28-9-7-27(8-10-28)11-12-35-15-6-4-5-14(13-15)16-17(21(30)31)19(25)26-20(29)18(16)22(32)33/h4-6,13H,7-12H2,1-3H3,(H,30,31)(H,32,33)(H3,25,26,29). The minimum absolute atomic E-state index is 0.172. The number of carbonyl (C=O) groups excluding carboxylic acids is 1. The molecule has 1 saturated heterocycles. The Hall–Kier alpha value is -4.06. The van der Waals surface area contributed by atoms with E-state index >= 15 is 0 Å². The number of hydrogen-bond acceptors (Lipinski definition) is 8. The summed E-state index contributed by atoms with van der Waals surface area (Å²) in [4.78, 5) is 53.9. The fourth-order valence-corrected chi connectivity index (χ4v) is 3.85. The van der Waals surface area contributed by atoms with E-state index in [1.54, 1.807) is 17.0 Å². The van der Waals surface area contributed by atoms with Gasteiger partial charge in [0.15, 0.2) is 0 Å². The first-order valence-electron chi connectivity index (χ1n) is 11.3. The van der Waals surface area contributed by atoms with Crippen molar-refractivity contribution in [1.82, 2.24) is 14.8 Å². The predicted molar refractivity (Wildman–Crippen MR) is 131 cm³/mol. The summed E-state index contributed by atoms with van der Waals surface area (Å²) in [6.45, 7) is 8.71. The number of nitrogens with two attached hydrogens (primary N) is 1. The topological polar surface area (TPSA) is 175 Å². The Morgan fingerprint density at radius 1 is 1.06 bits per heavy atom. The van der Waals surface area contributed by atoms with Gasteiger partial charge in [0.2, 0.25) is 0 Å². The molecule has 1 amide bonds. The molecule has 0 aliphatic carbocycles. The monoisotopic (exact) mass is 502 g/mol. The molecule has 12 heteroatoms. The van der Waals surface area contributed by atoms with E-state index in [-0.39, 0.29) is 17.2 Å². The van der Waals surface area contributed by atoms with E-state index < -0.39 is 40.0 Å². The molecule has 0 saturated carbocycles. The summed E-state index contributed by atoms with van der Waals surface area (Å²) in [6, 6.07) is 6.16. The third-order valence-corrected chi connectivity index (χ3v) is 5.50. The summed E-state index contributed by atoms with van der Waals surface area (Å²) in [7, 11) is 0. The highest BCUT2D eigenvalue weighted by Gasteiger charge is 2.27. The highest BCUT2D eigenvalue weighted by atomic mass is 16.6. The van der Waals surface area contributed by atoms with Gasteiger partial charge in [0.25, 0.3) is 5.56 Å². The van der Waals surface area contributed by atoms with E-state index in [1.165, 1.54) is 12.1 Å². The molecule has 1 aromatic carbocycles. The van der Waals surface area contributed by atoms with Crippen LogP contribution in [0.25, 0.3) is 11.1 Å². The number of hydrogen-bond donors (Lipinski definition) is 4. The number of nitrogens with one attached hydrogen (secondary N) is 1. The van der Waals surface area contributed by atoms with E-state index in [4.69, 9.17) is 15.2 Å². The van der Waals surface area contributed by atoms with E-state index in [1.807, 2.05) is 20.8 Å². The molecule has 1 aliphatic heterocycles. The number of carboxylic acid groups (broad SMARTS) is 2. The van der Waals surface area contributed by atoms with Crippen molar-refractivity contribution in [2.75, 3.05) is 45.1 Å². The quantitative estimate of drug-likeness (QED) is 0.438. The molecule has 0 bridgehead atoms. The average molecular weight is 503 g/mol. The van der Waals surface area contributed by atoms with Gasteiger partial charge in [-0.15, -0.1) is 0 Å². The highest BCUT2D eigenvalue weighted by Crippen LogP contribution is 2.31. The van der Waals surface area contributed by atoms with Gasteiger partial charge in [0.1, 0.15) is 34.9 Å². The SMILES string of the molecule is CC(C)(C)OC(=O)N1CCN(CCOc2cccc(-c3c(C(=O)O)c(N)[nH]c(=O)c3C(=O)O)c2)CC1. The number of nitrogen functional groups attached to an aromatic ring is 1. The molecule has 194 valence electrons. The molecule has 0 radical (unpaired) electrons. The lowest BCUT2D eigenvalue weighted by Crippen LogP contribution is -2.50.